The van der Waals surface area contributed by atoms with E-state index in [-0.39, 0.29) is 36.3 Å². The van der Waals surface area contributed by atoms with E-state index in [9.17, 15) is 4.79 Å². The van der Waals surface area contributed by atoms with Crippen molar-refractivity contribution in [2.24, 2.45) is 23.5 Å². The van der Waals surface area contributed by atoms with E-state index in [0.717, 1.165) is 5.75 Å². The van der Waals surface area contributed by atoms with Gasteiger partial charge in [-0.3, -0.25) is 4.79 Å². The maximum Gasteiger partial charge on any atom is 0.225 e. The molecule has 2 saturated carbocycles. The van der Waals surface area contributed by atoms with E-state index in [4.69, 9.17) is 5.73 Å². The van der Waals surface area contributed by atoms with Gasteiger partial charge in [0.1, 0.15) is 0 Å². The fraction of sp³-hybridized carbons (Fsp3) is 0.917. The Hall–Kier alpha value is 0.0700. The summed E-state index contributed by atoms with van der Waals surface area (Å²) in [5.74, 6) is 2.42. The van der Waals surface area contributed by atoms with Crippen LogP contribution in [-0.4, -0.2) is 30.0 Å². The fourth-order valence-corrected chi connectivity index (χ4v) is 3.94. The zero-order chi connectivity index (χ0) is 11.7. The van der Waals surface area contributed by atoms with E-state index >= 15 is 0 Å². The van der Waals surface area contributed by atoms with Crippen LogP contribution in [0.4, 0.5) is 0 Å². The standard InChI is InChI=1S/C12H22N2OS.ClH/c1-7(6-16-2)14-12(15)10-8-3-4-9(5-8)11(10)13;/h7-11H,3-6,13H2,1-2H3,(H,14,15);1H. The van der Waals surface area contributed by atoms with Gasteiger partial charge in [0.2, 0.25) is 5.91 Å². The zero-order valence-electron chi connectivity index (χ0n) is 10.5. The van der Waals surface area contributed by atoms with Gasteiger partial charge >= 0.3 is 0 Å². The van der Waals surface area contributed by atoms with E-state index in [0.29, 0.717) is 11.8 Å². The van der Waals surface area contributed by atoms with Crippen molar-refractivity contribution in [3.63, 3.8) is 0 Å². The number of carbonyl (C=O) groups is 1. The summed E-state index contributed by atoms with van der Waals surface area (Å²) in [6.07, 6.45) is 5.67. The van der Waals surface area contributed by atoms with Crippen molar-refractivity contribution in [2.45, 2.75) is 38.3 Å². The lowest BCUT2D eigenvalue weighted by atomic mass is 9.84. The third kappa shape index (κ3) is 3.09. The van der Waals surface area contributed by atoms with E-state index in [1.54, 1.807) is 11.8 Å². The number of fused-ring (bicyclic) bond motifs is 2. The minimum Gasteiger partial charge on any atom is -0.353 e. The van der Waals surface area contributed by atoms with Crippen LogP contribution in [-0.2, 0) is 4.79 Å². The predicted molar refractivity (Wildman–Crippen MR) is 75.5 cm³/mol. The fourth-order valence-electron chi connectivity index (χ4n) is 3.36. The number of nitrogens with two attached hydrogens (primary N) is 1. The number of amides is 1. The van der Waals surface area contributed by atoms with Crippen molar-refractivity contribution >= 4 is 30.1 Å². The molecule has 0 saturated heterocycles. The SMILES string of the molecule is CSCC(C)NC(=O)C1C2CCC(C2)C1N.Cl. The van der Waals surface area contributed by atoms with Crippen LogP contribution in [0.2, 0.25) is 0 Å². The summed E-state index contributed by atoms with van der Waals surface area (Å²) >= 11 is 1.76. The summed E-state index contributed by atoms with van der Waals surface area (Å²) in [5.41, 5.74) is 6.15. The van der Waals surface area contributed by atoms with Crippen LogP contribution in [0, 0.1) is 17.8 Å². The van der Waals surface area contributed by atoms with E-state index in [2.05, 4.69) is 18.5 Å². The Kier molecular flexibility index (Phi) is 5.61. The van der Waals surface area contributed by atoms with Gasteiger partial charge in [0.05, 0.1) is 5.92 Å². The molecule has 0 aromatic carbocycles. The Labute approximate surface area is 114 Å². The van der Waals surface area contributed by atoms with Gasteiger partial charge < -0.3 is 11.1 Å². The third-order valence-electron chi connectivity index (χ3n) is 4.09. The molecule has 0 spiro atoms. The highest BCUT2D eigenvalue weighted by Gasteiger charge is 2.49. The molecule has 17 heavy (non-hydrogen) atoms. The Morgan fingerprint density at radius 1 is 1.47 bits per heavy atom. The molecule has 5 atom stereocenters. The number of hydrogen-bond donors (Lipinski definition) is 2. The van der Waals surface area contributed by atoms with Gasteiger partial charge in [-0.25, -0.2) is 0 Å². The Morgan fingerprint density at radius 2 is 2.12 bits per heavy atom. The van der Waals surface area contributed by atoms with Crippen LogP contribution in [0.1, 0.15) is 26.2 Å². The molecule has 0 aromatic heterocycles. The second-order valence-corrected chi connectivity index (χ2v) is 6.21. The molecule has 2 aliphatic rings. The molecule has 5 unspecified atom stereocenters. The first-order valence-corrected chi connectivity index (χ1v) is 7.57. The summed E-state index contributed by atoms with van der Waals surface area (Å²) in [7, 11) is 0. The Bertz CT molecular complexity index is 275. The van der Waals surface area contributed by atoms with E-state index < -0.39 is 0 Å². The minimum absolute atomic E-state index is 0. The quantitative estimate of drug-likeness (QED) is 0.822. The second-order valence-electron chi connectivity index (χ2n) is 5.30. The molecule has 0 aliphatic heterocycles. The average Bonchev–Trinajstić information content (AvgIpc) is 2.77. The zero-order valence-corrected chi connectivity index (χ0v) is 12.2. The lowest BCUT2D eigenvalue weighted by Gasteiger charge is -2.28. The van der Waals surface area contributed by atoms with Gasteiger partial charge in [-0.15, -0.1) is 12.4 Å². The summed E-state index contributed by atoms with van der Waals surface area (Å²) in [6, 6.07) is 0.369. The molecular weight excluding hydrogens is 256 g/mol. The lowest BCUT2D eigenvalue weighted by Crippen LogP contribution is -2.48. The summed E-state index contributed by atoms with van der Waals surface area (Å²) in [5, 5.41) is 3.10. The maximum absolute atomic E-state index is 12.1. The van der Waals surface area contributed by atoms with Crippen molar-refractivity contribution in [1.29, 1.82) is 0 Å². The Morgan fingerprint density at radius 3 is 2.65 bits per heavy atom. The van der Waals surface area contributed by atoms with Crippen LogP contribution < -0.4 is 11.1 Å². The molecule has 5 heteroatoms. The molecule has 2 bridgehead atoms. The summed E-state index contributed by atoms with van der Waals surface area (Å²) in [4.78, 5) is 12.1. The smallest absolute Gasteiger partial charge is 0.225 e. The maximum atomic E-state index is 12.1. The van der Waals surface area contributed by atoms with Crippen molar-refractivity contribution in [3.05, 3.63) is 0 Å². The van der Waals surface area contributed by atoms with Crippen LogP contribution >= 0.6 is 24.2 Å². The second kappa shape index (κ2) is 6.30. The van der Waals surface area contributed by atoms with Crippen molar-refractivity contribution in [3.8, 4) is 0 Å². The first kappa shape index (κ1) is 15.1. The summed E-state index contributed by atoms with van der Waals surface area (Å²) < 4.78 is 0. The molecule has 0 heterocycles. The Balaban J connectivity index is 0.00000144. The van der Waals surface area contributed by atoms with Crippen LogP contribution in [0.15, 0.2) is 0 Å². The van der Waals surface area contributed by atoms with E-state index in [1.807, 2.05) is 0 Å². The van der Waals surface area contributed by atoms with Gasteiger partial charge in [0.25, 0.3) is 0 Å². The number of rotatable bonds is 4. The van der Waals surface area contributed by atoms with Crippen LogP contribution in [0.3, 0.4) is 0 Å². The molecule has 2 aliphatic carbocycles. The first-order valence-electron chi connectivity index (χ1n) is 6.18. The van der Waals surface area contributed by atoms with Gasteiger partial charge in [-0.1, -0.05) is 0 Å². The number of halogens is 1. The number of nitrogens with one attached hydrogen (secondary N) is 1. The molecule has 3 nitrogen and oxygen atoms in total. The van der Waals surface area contributed by atoms with Crippen LogP contribution in [0.5, 0.6) is 0 Å². The number of carbonyl (C=O) groups excluding carboxylic acids is 1. The molecule has 0 aromatic rings. The molecule has 0 radical (unpaired) electrons. The van der Waals surface area contributed by atoms with Gasteiger partial charge in [0, 0.05) is 17.8 Å². The topological polar surface area (TPSA) is 55.1 Å². The largest absolute Gasteiger partial charge is 0.353 e. The lowest BCUT2D eigenvalue weighted by molar-refractivity contribution is -0.127. The molecule has 3 N–H and O–H groups in total. The van der Waals surface area contributed by atoms with Crippen molar-refractivity contribution < 1.29 is 4.79 Å². The first-order chi connectivity index (χ1) is 7.63. The molecular formula is C12H23ClN2OS. The highest BCUT2D eigenvalue weighted by Crippen LogP contribution is 2.47. The third-order valence-corrected chi connectivity index (χ3v) is 4.92. The highest BCUT2D eigenvalue weighted by atomic mass is 35.5. The van der Waals surface area contributed by atoms with Crippen LogP contribution in [0.25, 0.3) is 0 Å². The molecule has 100 valence electrons. The molecule has 1 amide bonds. The number of thioether (sulfide) groups is 1. The predicted octanol–water partition coefficient (Wildman–Crippen LogP) is 1.65. The van der Waals surface area contributed by atoms with Crippen molar-refractivity contribution in [1.82, 2.24) is 5.32 Å². The normalized spacial score (nSPS) is 36.4. The summed E-state index contributed by atoms with van der Waals surface area (Å²) in [6.45, 7) is 2.06. The van der Waals surface area contributed by atoms with E-state index in [1.165, 1.54) is 19.3 Å². The highest BCUT2D eigenvalue weighted by molar-refractivity contribution is 7.98. The molecule has 2 rings (SSSR count). The average molecular weight is 279 g/mol. The minimum atomic E-state index is 0. The number of hydrogen-bond acceptors (Lipinski definition) is 3. The van der Waals surface area contributed by atoms with Gasteiger partial charge in [-0.2, -0.15) is 11.8 Å². The monoisotopic (exact) mass is 278 g/mol. The van der Waals surface area contributed by atoms with Gasteiger partial charge in [0.15, 0.2) is 0 Å². The van der Waals surface area contributed by atoms with Gasteiger partial charge in [-0.05, 0) is 44.3 Å². The molecule has 2 fully saturated rings. The van der Waals surface area contributed by atoms with Crippen molar-refractivity contribution in [2.75, 3.05) is 12.0 Å².